The Morgan fingerprint density at radius 3 is 2.41 bits per heavy atom. The van der Waals surface area contributed by atoms with E-state index in [4.69, 9.17) is 5.11 Å². The number of carboxylic acid groups (broad SMARTS) is 1. The number of rotatable bonds is 4. The Morgan fingerprint density at radius 2 is 1.82 bits per heavy atom. The molecule has 2 fully saturated rings. The van der Waals surface area contributed by atoms with Gasteiger partial charge in [-0.3, -0.25) is 9.59 Å². The van der Waals surface area contributed by atoms with Gasteiger partial charge in [-0.05, 0) is 38.0 Å². The van der Waals surface area contributed by atoms with Gasteiger partial charge in [-0.25, -0.2) is 0 Å². The van der Waals surface area contributed by atoms with Crippen LogP contribution < -0.4 is 0 Å². The number of likely N-dealkylation sites (tertiary alicyclic amines) is 1. The zero-order chi connectivity index (χ0) is 12.3. The van der Waals surface area contributed by atoms with E-state index in [1.807, 2.05) is 4.90 Å². The lowest BCUT2D eigenvalue weighted by Gasteiger charge is -2.37. The minimum absolute atomic E-state index is 0.0613. The van der Waals surface area contributed by atoms with Crippen LogP contribution in [-0.4, -0.2) is 34.5 Å². The van der Waals surface area contributed by atoms with E-state index in [1.165, 1.54) is 19.3 Å². The molecule has 1 heterocycles. The second-order valence-electron chi connectivity index (χ2n) is 5.34. The SMILES string of the molecule is O=C(O)CC1CCCCN1C(=O)CC1CCC1. The number of nitrogens with zero attached hydrogens (tertiary/aromatic N) is 1. The summed E-state index contributed by atoms with van der Waals surface area (Å²) < 4.78 is 0. The summed E-state index contributed by atoms with van der Waals surface area (Å²) in [5.41, 5.74) is 0. The van der Waals surface area contributed by atoms with Gasteiger partial charge in [0.1, 0.15) is 0 Å². The Kier molecular flexibility index (Phi) is 4.02. The molecular formula is C13H21NO3. The van der Waals surface area contributed by atoms with E-state index in [9.17, 15) is 9.59 Å². The predicted octanol–water partition coefficient (Wildman–Crippen LogP) is 2.03. The molecule has 17 heavy (non-hydrogen) atoms. The molecule has 0 radical (unpaired) electrons. The molecule has 1 unspecified atom stereocenters. The van der Waals surface area contributed by atoms with Crippen LogP contribution in [0.5, 0.6) is 0 Å². The van der Waals surface area contributed by atoms with E-state index in [0.29, 0.717) is 12.3 Å². The van der Waals surface area contributed by atoms with E-state index >= 15 is 0 Å². The third kappa shape index (κ3) is 3.20. The Labute approximate surface area is 102 Å². The van der Waals surface area contributed by atoms with Crippen LogP contribution in [0.2, 0.25) is 0 Å². The lowest BCUT2D eigenvalue weighted by molar-refractivity contribution is -0.142. The maximum absolute atomic E-state index is 12.1. The molecule has 0 bridgehead atoms. The van der Waals surface area contributed by atoms with Gasteiger partial charge in [-0.2, -0.15) is 0 Å². The van der Waals surface area contributed by atoms with E-state index in [-0.39, 0.29) is 18.4 Å². The Bertz CT molecular complexity index is 299. The lowest BCUT2D eigenvalue weighted by Crippen LogP contribution is -2.45. The summed E-state index contributed by atoms with van der Waals surface area (Å²) in [6.07, 6.45) is 7.25. The quantitative estimate of drug-likeness (QED) is 0.816. The first-order chi connectivity index (χ1) is 8.16. The molecule has 1 saturated carbocycles. The van der Waals surface area contributed by atoms with Crippen molar-refractivity contribution in [3.05, 3.63) is 0 Å². The number of hydrogen-bond acceptors (Lipinski definition) is 2. The highest BCUT2D eigenvalue weighted by molar-refractivity contribution is 5.78. The number of hydrogen-bond donors (Lipinski definition) is 1. The van der Waals surface area contributed by atoms with Gasteiger partial charge in [0, 0.05) is 19.0 Å². The molecule has 2 rings (SSSR count). The van der Waals surface area contributed by atoms with E-state index in [2.05, 4.69) is 0 Å². The Balaban J connectivity index is 1.89. The van der Waals surface area contributed by atoms with Gasteiger partial charge in [0.25, 0.3) is 0 Å². The summed E-state index contributed by atoms with van der Waals surface area (Å²) >= 11 is 0. The van der Waals surface area contributed by atoms with Crippen LogP contribution in [0.25, 0.3) is 0 Å². The Morgan fingerprint density at radius 1 is 1.06 bits per heavy atom. The number of carbonyl (C=O) groups is 2. The average Bonchev–Trinajstić information content (AvgIpc) is 2.23. The molecule has 1 aliphatic heterocycles. The molecule has 1 atom stereocenters. The summed E-state index contributed by atoms with van der Waals surface area (Å²) in [4.78, 5) is 24.7. The molecule has 1 aliphatic carbocycles. The summed E-state index contributed by atoms with van der Waals surface area (Å²) in [6.45, 7) is 0.753. The van der Waals surface area contributed by atoms with Gasteiger partial charge in [0.05, 0.1) is 6.42 Å². The van der Waals surface area contributed by atoms with Crippen LogP contribution in [0.15, 0.2) is 0 Å². The second-order valence-corrected chi connectivity index (χ2v) is 5.34. The molecule has 4 nitrogen and oxygen atoms in total. The van der Waals surface area contributed by atoms with Crippen molar-refractivity contribution in [3.63, 3.8) is 0 Å². The molecule has 0 spiro atoms. The minimum Gasteiger partial charge on any atom is -0.481 e. The highest BCUT2D eigenvalue weighted by Crippen LogP contribution is 2.31. The van der Waals surface area contributed by atoms with Crippen LogP contribution in [-0.2, 0) is 9.59 Å². The first kappa shape index (κ1) is 12.4. The fraction of sp³-hybridized carbons (Fsp3) is 0.846. The number of piperidine rings is 1. The van der Waals surface area contributed by atoms with Gasteiger partial charge in [0.2, 0.25) is 5.91 Å². The van der Waals surface area contributed by atoms with Gasteiger partial charge < -0.3 is 10.0 Å². The summed E-state index contributed by atoms with van der Waals surface area (Å²) in [7, 11) is 0. The van der Waals surface area contributed by atoms with Crippen LogP contribution in [0.4, 0.5) is 0 Å². The minimum atomic E-state index is -0.793. The third-order valence-corrected chi connectivity index (χ3v) is 4.05. The molecule has 96 valence electrons. The lowest BCUT2D eigenvalue weighted by atomic mass is 9.82. The van der Waals surface area contributed by atoms with Crippen molar-refractivity contribution in [1.29, 1.82) is 0 Å². The average molecular weight is 239 g/mol. The maximum Gasteiger partial charge on any atom is 0.305 e. The number of aliphatic carboxylic acids is 1. The third-order valence-electron chi connectivity index (χ3n) is 4.05. The predicted molar refractivity (Wildman–Crippen MR) is 63.6 cm³/mol. The van der Waals surface area contributed by atoms with Crippen molar-refractivity contribution in [2.24, 2.45) is 5.92 Å². The van der Waals surface area contributed by atoms with Crippen molar-refractivity contribution >= 4 is 11.9 Å². The topological polar surface area (TPSA) is 57.6 Å². The van der Waals surface area contributed by atoms with Crippen molar-refractivity contribution in [3.8, 4) is 0 Å². The molecule has 0 aromatic rings. The maximum atomic E-state index is 12.1. The molecular weight excluding hydrogens is 218 g/mol. The molecule has 0 aromatic carbocycles. The monoisotopic (exact) mass is 239 g/mol. The molecule has 2 aliphatic rings. The standard InChI is InChI=1S/C13H21NO3/c15-12(8-10-4-3-5-10)14-7-2-1-6-11(14)9-13(16)17/h10-11H,1-9H2,(H,16,17). The largest absolute Gasteiger partial charge is 0.481 e. The van der Waals surface area contributed by atoms with Crippen molar-refractivity contribution in [1.82, 2.24) is 4.90 Å². The van der Waals surface area contributed by atoms with E-state index in [0.717, 1.165) is 25.8 Å². The van der Waals surface area contributed by atoms with Crippen LogP contribution in [0, 0.1) is 5.92 Å². The van der Waals surface area contributed by atoms with Crippen molar-refractivity contribution in [2.75, 3.05) is 6.54 Å². The highest BCUT2D eigenvalue weighted by Gasteiger charge is 2.30. The van der Waals surface area contributed by atoms with Crippen molar-refractivity contribution < 1.29 is 14.7 Å². The highest BCUT2D eigenvalue weighted by atomic mass is 16.4. The van der Waals surface area contributed by atoms with Gasteiger partial charge in [-0.1, -0.05) is 6.42 Å². The van der Waals surface area contributed by atoms with Crippen molar-refractivity contribution in [2.45, 2.75) is 57.4 Å². The van der Waals surface area contributed by atoms with Crippen LogP contribution >= 0.6 is 0 Å². The van der Waals surface area contributed by atoms with Crippen LogP contribution in [0.3, 0.4) is 0 Å². The van der Waals surface area contributed by atoms with E-state index in [1.54, 1.807) is 0 Å². The first-order valence-electron chi connectivity index (χ1n) is 6.68. The number of amides is 1. The molecule has 1 N–H and O–H groups in total. The van der Waals surface area contributed by atoms with E-state index < -0.39 is 5.97 Å². The molecule has 0 aromatic heterocycles. The zero-order valence-corrected chi connectivity index (χ0v) is 10.2. The fourth-order valence-electron chi connectivity index (χ4n) is 2.80. The molecule has 1 saturated heterocycles. The van der Waals surface area contributed by atoms with Gasteiger partial charge in [0.15, 0.2) is 0 Å². The zero-order valence-electron chi connectivity index (χ0n) is 10.2. The summed E-state index contributed by atoms with van der Waals surface area (Å²) in [5.74, 6) is -0.0473. The first-order valence-corrected chi connectivity index (χ1v) is 6.68. The van der Waals surface area contributed by atoms with Gasteiger partial charge >= 0.3 is 5.97 Å². The molecule has 1 amide bonds. The number of carboxylic acids is 1. The van der Waals surface area contributed by atoms with Crippen LogP contribution in [0.1, 0.15) is 51.4 Å². The summed E-state index contributed by atoms with van der Waals surface area (Å²) in [6, 6.07) is -0.0613. The summed E-state index contributed by atoms with van der Waals surface area (Å²) in [5, 5.41) is 8.87. The normalized spacial score (nSPS) is 25.4. The smallest absolute Gasteiger partial charge is 0.305 e. The Hall–Kier alpha value is -1.06. The molecule has 4 heteroatoms. The number of carbonyl (C=O) groups excluding carboxylic acids is 1. The fourth-order valence-corrected chi connectivity index (χ4v) is 2.80. The second kappa shape index (κ2) is 5.52. The van der Waals surface area contributed by atoms with Gasteiger partial charge in [-0.15, -0.1) is 0 Å².